The maximum Gasteiger partial charge on any atom is 0.332 e. The Labute approximate surface area is 155 Å². The van der Waals surface area contributed by atoms with Crippen LogP contribution in [0.25, 0.3) is 16.9 Å². The van der Waals surface area contributed by atoms with Gasteiger partial charge in [-0.25, -0.2) is 19.3 Å². The van der Waals surface area contributed by atoms with E-state index in [9.17, 15) is 9.59 Å². The van der Waals surface area contributed by atoms with Gasteiger partial charge in [0, 0.05) is 6.42 Å². The molecule has 142 valence electrons. The van der Waals surface area contributed by atoms with Crippen molar-refractivity contribution in [3.63, 3.8) is 0 Å². The Morgan fingerprint density at radius 2 is 2.00 bits per heavy atom. The number of hydrogen-bond acceptors (Lipinski definition) is 6. The Kier molecular flexibility index (Phi) is 4.85. The molecule has 0 atom stereocenters. The number of nitrogens with one attached hydrogen (secondary N) is 1. The number of hydrogen-bond donors (Lipinski definition) is 2. The number of amides is 1. The van der Waals surface area contributed by atoms with Gasteiger partial charge in [0.25, 0.3) is 5.91 Å². The summed E-state index contributed by atoms with van der Waals surface area (Å²) in [6.07, 6.45) is 0.533. The smallest absolute Gasteiger partial charge is 0.332 e. The monoisotopic (exact) mass is 371 g/mol. The molecule has 0 saturated heterocycles. The summed E-state index contributed by atoms with van der Waals surface area (Å²) in [5.74, 6) is 0.781. The molecule has 0 spiro atoms. The molecular formula is C18H21N5O4. The first-order valence-electron chi connectivity index (χ1n) is 8.40. The number of nitrogens with zero attached hydrogens (tertiary/aromatic N) is 3. The van der Waals surface area contributed by atoms with Crippen molar-refractivity contribution >= 4 is 17.1 Å². The lowest BCUT2D eigenvalue weighted by Gasteiger charge is -2.13. The molecule has 0 fully saturated rings. The summed E-state index contributed by atoms with van der Waals surface area (Å²) in [5.41, 5.74) is 5.83. The van der Waals surface area contributed by atoms with Crippen LogP contribution in [-0.4, -0.2) is 39.6 Å². The van der Waals surface area contributed by atoms with Gasteiger partial charge in [-0.2, -0.15) is 0 Å². The normalized spacial score (nSPS) is 11.1. The summed E-state index contributed by atoms with van der Waals surface area (Å²) in [6.45, 7) is 4.01. The van der Waals surface area contributed by atoms with E-state index in [0.29, 0.717) is 29.4 Å². The molecule has 1 aromatic carbocycles. The zero-order valence-corrected chi connectivity index (χ0v) is 15.6. The van der Waals surface area contributed by atoms with Crippen LogP contribution in [0.1, 0.15) is 30.2 Å². The highest BCUT2D eigenvalue weighted by molar-refractivity contribution is 6.01. The molecule has 0 aliphatic heterocycles. The van der Waals surface area contributed by atoms with Crippen LogP contribution in [0.3, 0.4) is 0 Å². The zero-order chi connectivity index (χ0) is 19.7. The van der Waals surface area contributed by atoms with Gasteiger partial charge in [0.05, 0.1) is 19.9 Å². The number of fused-ring (bicyclic) bond motifs is 1. The topological polar surface area (TPSA) is 125 Å². The SMILES string of the molecule is COc1cccc(-n2c(=O)[nH]c3c(C(N)=O)nc(CC(C)C)nc32)c1OC. The molecular weight excluding hydrogens is 350 g/mol. The van der Waals surface area contributed by atoms with Crippen molar-refractivity contribution in [2.45, 2.75) is 20.3 Å². The molecule has 27 heavy (non-hydrogen) atoms. The number of primary amides is 1. The Bertz CT molecular complexity index is 1070. The standard InChI is InChI=1S/C18H21N5O4/c1-9(2)8-12-20-13(16(19)24)14-17(21-12)23(18(25)22-14)10-6-5-7-11(26-3)15(10)27-4/h5-7,9H,8H2,1-4H3,(H2,19,24)(H,22,25). The molecule has 0 bridgehead atoms. The molecule has 3 N–H and O–H groups in total. The van der Waals surface area contributed by atoms with E-state index < -0.39 is 11.6 Å². The third-order valence-electron chi connectivity index (χ3n) is 4.03. The quantitative estimate of drug-likeness (QED) is 0.675. The molecule has 9 nitrogen and oxygen atoms in total. The second kappa shape index (κ2) is 7.10. The molecule has 2 heterocycles. The van der Waals surface area contributed by atoms with E-state index in [-0.39, 0.29) is 22.8 Å². The number of ether oxygens (including phenoxy) is 2. The van der Waals surface area contributed by atoms with Crippen molar-refractivity contribution in [1.82, 2.24) is 19.5 Å². The summed E-state index contributed by atoms with van der Waals surface area (Å²) < 4.78 is 12.1. The van der Waals surface area contributed by atoms with Crippen LogP contribution in [0.15, 0.2) is 23.0 Å². The van der Waals surface area contributed by atoms with Gasteiger partial charge in [-0.3, -0.25) is 4.79 Å². The second-order valence-corrected chi connectivity index (χ2v) is 6.43. The van der Waals surface area contributed by atoms with E-state index in [4.69, 9.17) is 15.2 Å². The average Bonchev–Trinajstić information content (AvgIpc) is 2.95. The fourth-order valence-corrected chi connectivity index (χ4v) is 2.93. The van der Waals surface area contributed by atoms with Crippen molar-refractivity contribution in [3.05, 3.63) is 40.2 Å². The fourth-order valence-electron chi connectivity index (χ4n) is 2.93. The summed E-state index contributed by atoms with van der Waals surface area (Å²) in [4.78, 5) is 36.0. The Morgan fingerprint density at radius 1 is 1.26 bits per heavy atom. The van der Waals surface area contributed by atoms with Gasteiger partial charge >= 0.3 is 5.69 Å². The van der Waals surface area contributed by atoms with Crippen molar-refractivity contribution in [2.24, 2.45) is 11.7 Å². The van der Waals surface area contributed by atoms with E-state index >= 15 is 0 Å². The summed E-state index contributed by atoms with van der Waals surface area (Å²) >= 11 is 0. The fraction of sp³-hybridized carbons (Fsp3) is 0.333. The predicted octanol–water partition coefficient (Wildman–Crippen LogP) is 1.42. The van der Waals surface area contributed by atoms with Crippen LogP contribution in [0.5, 0.6) is 11.5 Å². The van der Waals surface area contributed by atoms with Crippen LogP contribution in [0.2, 0.25) is 0 Å². The van der Waals surface area contributed by atoms with Crippen molar-refractivity contribution in [2.75, 3.05) is 14.2 Å². The van der Waals surface area contributed by atoms with E-state index in [1.807, 2.05) is 13.8 Å². The van der Waals surface area contributed by atoms with Crippen molar-refractivity contribution in [1.29, 1.82) is 0 Å². The number of carbonyl (C=O) groups excluding carboxylic acids is 1. The molecule has 0 aliphatic carbocycles. The van der Waals surface area contributed by atoms with Crippen LogP contribution >= 0.6 is 0 Å². The molecule has 3 aromatic rings. The van der Waals surface area contributed by atoms with Gasteiger partial charge in [-0.1, -0.05) is 19.9 Å². The summed E-state index contributed by atoms with van der Waals surface area (Å²) in [5, 5.41) is 0. The molecule has 0 unspecified atom stereocenters. The number of para-hydroxylation sites is 1. The summed E-state index contributed by atoms with van der Waals surface area (Å²) in [6, 6.07) is 5.15. The number of nitrogens with two attached hydrogens (primary N) is 1. The third-order valence-corrected chi connectivity index (χ3v) is 4.03. The van der Waals surface area contributed by atoms with E-state index in [2.05, 4.69) is 15.0 Å². The average molecular weight is 371 g/mol. The Morgan fingerprint density at radius 3 is 2.59 bits per heavy atom. The van der Waals surface area contributed by atoms with Gasteiger partial charge in [0.1, 0.15) is 11.3 Å². The number of aromatic nitrogens is 4. The van der Waals surface area contributed by atoms with E-state index in [1.54, 1.807) is 18.2 Å². The van der Waals surface area contributed by atoms with Crippen LogP contribution in [-0.2, 0) is 6.42 Å². The maximum absolute atomic E-state index is 12.7. The first-order valence-corrected chi connectivity index (χ1v) is 8.40. The third kappa shape index (κ3) is 3.23. The molecule has 3 rings (SSSR count). The number of imidazole rings is 1. The highest BCUT2D eigenvalue weighted by atomic mass is 16.5. The largest absolute Gasteiger partial charge is 0.493 e. The lowest BCUT2D eigenvalue weighted by atomic mass is 10.1. The van der Waals surface area contributed by atoms with Crippen molar-refractivity contribution in [3.8, 4) is 17.2 Å². The number of rotatable bonds is 6. The maximum atomic E-state index is 12.7. The number of methoxy groups -OCH3 is 2. The number of H-pyrrole nitrogens is 1. The molecule has 2 aromatic heterocycles. The minimum absolute atomic E-state index is 0.0200. The van der Waals surface area contributed by atoms with Crippen LogP contribution in [0, 0.1) is 5.92 Å². The second-order valence-electron chi connectivity index (χ2n) is 6.43. The predicted molar refractivity (Wildman–Crippen MR) is 99.6 cm³/mol. The van der Waals surface area contributed by atoms with Gasteiger partial charge in [0.15, 0.2) is 22.8 Å². The number of benzene rings is 1. The Balaban J connectivity index is 2.38. The van der Waals surface area contributed by atoms with Crippen LogP contribution < -0.4 is 20.9 Å². The number of carbonyl (C=O) groups is 1. The first-order chi connectivity index (χ1) is 12.9. The lowest BCUT2D eigenvalue weighted by Crippen LogP contribution is -2.17. The molecule has 0 radical (unpaired) electrons. The number of aromatic amines is 1. The Hall–Kier alpha value is -3.36. The molecule has 1 amide bonds. The summed E-state index contributed by atoms with van der Waals surface area (Å²) in [7, 11) is 2.99. The molecule has 0 aliphatic rings. The van der Waals surface area contributed by atoms with Gasteiger partial charge in [-0.15, -0.1) is 0 Å². The van der Waals surface area contributed by atoms with E-state index in [0.717, 1.165) is 0 Å². The molecule has 0 saturated carbocycles. The van der Waals surface area contributed by atoms with Gasteiger partial charge in [-0.05, 0) is 18.1 Å². The highest BCUT2D eigenvalue weighted by Crippen LogP contribution is 2.34. The lowest BCUT2D eigenvalue weighted by molar-refractivity contribution is 0.0996. The zero-order valence-electron chi connectivity index (χ0n) is 15.6. The highest BCUT2D eigenvalue weighted by Gasteiger charge is 2.22. The first kappa shape index (κ1) is 18.4. The van der Waals surface area contributed by atoms with Gasteiger partial charge < -0.3 is 20.2 Å². The van der Waals surface area contributed by atoms with E-state index in [1.165, 1.54) is 18.8 Å². The van der Waals surface area contributed by atoms with Gasteiger partial charge in [0.2, 0.25) is 0 Å². The minimum Gasteiger partial charge on any atom is -0.493 e. The van der Waals surface area contributed by atoms with Crippen molar-refractivity contribution < 1.29 is 14.3 Å². The minimum atomic E-state index is -0.738. The molecule has 9 heteroatoms. The van der Waals surface area contributed by atoms with Crippen LogP contribution in [0.4, 0.5) is 0 Å².